The van der Waals surface area contributed by atoms with Gasteiger partial charge in [0.2, 0.25) is 0 Å². The summed E-state index contributed by atoms with van der Waals surface area (Å²) in [6, 6.07) is 13.1. The van der Waals surface area contributed by atoms with Crippen molar-refractivity contribution in [3.05, 3.63) is 95.4 Å². The van der Waals surface area contributed by atoms with E-state index in [1.165, 1.54) is 37.7 Å². The second-order valence-corrected chi connectivity index (χ2v) is 13.1. The molecule has 0 saturated heterocycles. The van der Waals surface area contributed by atoms with E-state index in [9.17, 15) is 22.0 Å². The summed E-state index contributed by atoms with van der Waals surface area (Å²) in [5, 5.41) is 0.226. The maximum absolute atomic E-state index is 15.1. The molecule has 0 spiro atoms. The predicted molar refractivity (Wildman–Crippen MR) is 157 cm³/mol. The van der Waals surface area contributed by atoms with Crippen LogP contribution in [-0.2, 0) is 31.2 Å². The van der Waals surface area contributed by atoms with Crippen LogP contribution in [0.5, 0.6) is 11.5 Å². The molecule has 45 heavy (non-hydrogen) atoms. The van der Waals surface area contributed by atoms with Gasteiger partial charge in [0.25, 0.3) is 5.92 Å². The van der Waals surface area contributed by atoms with Gasteiger partial charge in [-0.15, -0.1) is 0 Å². The minimum atomic E-state index is -3.96. The summed E-state index contributed by atoms with van der Waals surface area (Å²) in [4.78, 5) is 21.3. The molecule has 1 aliphatic carbocycles. The molecule has 0 atom stereocenters. The molecule has 2 N–H and O–H groups in total. The highest BCUT2D eigenvalue weighted by atomic mass is 32.2. The number of aromatic nitrogens is 3. The van der Waals surface area contributed by atoms with Crippen LogP contribution in [-0.4, -0.2) is 48.6 Å². The van der Waals surface area contributed by atoms with Gasteiger partial charge in [0.15, 0.2) is 21.4 Å². The number of halogens is 4. The molecular formula is C32H27F4N3O5S. The van der Waals surface area contributed by atoms with Gasteiger partial charge in [0.05, 0.1) is 12.7 Å². The van der Waals surface area contributed by atoms with Crippen LogP contribution >= 0.6 is 0 Å². The average molecular weight is 642 g/mol. The number of methoxy groups -OCH3 is 1. The zero-order valence-corrected chi connectivity index (χ0v) is 24.9. The normalized spacial score (nSPS) is 15.5. The fourth-order valence-electron chi connectivity index (χ4n) is 5.91. The topological polar surface area (TPSA) is 114 Å². The number of fused-ring (bicyclic) bond motifs is 1. The Kier molecular flexibility index (Phi) is 7.46. The third-order valence-corrected chi connectivity index (χ3v) is 9.19. The molecule has 2 aromatic heterocycles. The molecule has 13 heteroatoms. The number of benzene rings is 3. The quantitative estimate of drug-likeness (QED) is 0.134. The molecule has 0 radical (unpaired) electrons. The molecule has 2 heterocycles. The molecule has 0 aliphatic heterocycles. The van der Waals surface area contributed by atoms with Gasteiger partial charge in [-0.1, -0.05) is 24.3 Å². The van der Waals surface area contributed by atoms with Crippen LogP contribution in [0.4, 0.5) is 17.6 Å². The molecule has 1 aliphatic rings. The maximum Gasteiger partial charge on any atom is 0.305 e. The number of aryl methyl sites for hydroxylation is 1. The van der Waals surface area contributed by atoms with E-state index >= 15 is 8.78 Å². The van der Waals surface area contributed by atoms with Crippen LogP contribution in [0.15, 0.2) is 71.9 Å². The first kappa shape index (κ1) is 30.4. The standard InChI is InChI=1S/C32H27F4N3O5S/c1-43-27(40)9-6-18-4-3-5-19(12-18)31(16-32(35,36)17-31)26-15-38-30(39-26)22-13-20(7-8-23(22)33)44-28-24(34)14-25-21(10-11-37-25)29(28)45(2,41)42/h3-5,7-8,10-15,37H,6,9,16-17H2,1-2H3,(H,38,39). The van der Waals surface area contributed by atoms with E-state index < -0.39 is 57.4 Å². The minimum Gasteiger partial charge on any atom is -0.469 e. The largest absolute Gasteiger partial charge is 0.469 e. The SMILES string of the molecule is COC(=O)CCc1cccc(C2(c3cnc(-c4cc(Oc5c(F)cc6[nH]ccc6c5S(C)(=O)=O)ccc4F)[nH]3)CC(F)(F)C2)c1. The van der Waals surface area contributed by atoms with Crippen molar-refractivity contribution in [1.29, 1.82) is 0 Å². The first-order valence-electron chi connectivity index (χ1n) is 13.9. The third kappa shape index (κ3) is 5.68. The van der Waals surface area contributed by atoms with E-state index in [-0.39, 0.29) is 39.4 Å². The number of hydrogen-bond acceptors (Lipinski definition) is 6. The van der Waals surface area contributed by atoms with Crippen molar-refractivity contribution in [2.45, 2.75) is 41.9 Å². The Hall–Kier alpha value is -4.65. The van der Waals surface area contributed by atoms with E-state index in [0.717, 1.165) is 24.0 Å². The van der Waals surface area contributed by atoms with E-state index in [1.807, 2.05) is 0 Å². The van der Waals surface area contributed by atoms with Crippen LogP contribution < -0.4 is 4.74 Å². The lowest BCUT2D eigenvalue weighted by molar-refractivity contribution is -0.140. The summed E-state index contributed by atoms with van der Waals surface area (Å²) in [6.07, 6.45) is 3.24. The number of alkyl halides is 2. The van der Waals surface area contributed by atoms with Crippen molar-refractivity contribution >= 4 is 26.7 Å². The van der Waals surface area contributed by atoms with Crippen LogP contribution in [0.25, 0.3) is 22.3 Å². The first-order chi connectivity index (χ1) is 21.3. The molecule has 6 rings (SSSR count). The summed E-state index contributed by atoms with van der Waals surface area (Å²) in [5.41, 5.74) is 0.695. The molecule has 1 fully saturated rings. The van der Waals surface area contributed by atoms with Crippen molar-refractivity contribution in [2.24, 2.45) is 0 Å². The molecule has 8 nitrogen and oxygen atoms in total. The number of carbonyl (C=O) groups excluding carboxylic acids is 1. The Morgan fingerprint density at radius 2 is 1.82 bits per heavy atom. The number of nitrogens with zero attached hydrogens (tertiary/aromatic N) is 1. The minimum absolute atomic E-state index is 0.00859. The number of aromatic amines is 2. The smallest absolute Gasteiger partial charge is 0.305 e. The Morgan fingerprint density at radius 1 is 1.04 bits per heavy atom. The molecule has 5 aromatic rings. The van der Waals surface area contributed by atoms with Gasteiger partial charge in [0, 0.05) is 66.0 Å². The van der Waals surface area contributed by atoms with Crippen molar-refractivity contribution in [3.63, 3.8) is 0 Å². The fraction of sp³-hybridized carbons (Fsp3) is 0.250. The number of imidazole rings is 1. The molecule has 0 bridgehead atoms. The number of sulfone groups is 1. The summed E-state index contributed by atoms with van der Waals surface area (Å²) in [6.45, 7) is 0. The van der Waals surface area contributed by atoms with Gasteiger partial charge in [-0.25, -0.2) is 31.0 Å². The summed E-state index contributed by atoms with van der Waals surface area (Å²) in [5.74, 6) is -5.62. The van der Waals surface area contributed by atoms with Gasteiger partial charge in [-0.05, 0) is 41.8 Å². The lowest BCUT2D eigenvalue weighted by atomic mass is 9.60. The molecular weight excluding hydrogens is 614 g/mol. The zero-order valence-electron chi connectivity index (χ0n) is 24.1. The lowest BCUT2D eigenvalue weighted by Crippen LogP contribution is -2.50. The molecule has 234 valence electrons. The average Bonchev–Trinajstić information content (AvgIpc) is 3.65. The summed E-state index contributed by atoms with van der Waals surface area (Å²) < 4.78 is 94.8. The molecule has 0 unspecified atom stereocenters. The Balaban J connectivity index is 1.35. The Bertz CT molecular complexity index is 2050. The van der Waals surface area contributed by atoms with Crippen LogP contribution in [0.1, 0.15) is 36.1 Å². The van der Waals surface area contributed by atoms with Gasteiger partial charge < -0.3 is 19.4 Å². The highest BCUT2D eigenvalue weighted by molar-refractivity contribution is 7.91. The molecule has 0 amide bonds. The van der Waals surface area contributed by atoms with Crippen molar-refractivity contribution in [1.82, 2.24) is 15.0 Å². The predicted octanol–water partition coefficient (Wildman–Crippen LogP) is 6.85. The molecule has 1 saturated carbocycles. The number of rotatable bonds is 9. The second-order valence-electron chi connectivity index (χ2n) is 11.2. The number of hydrogen-bond donors (Lipinski definition) is 2. The Morgan fingerprint density at radius 3 is 2.53 bits per heavy atom. The van der Waals surface area contributed by atoms with Crippen molar-refractivity contribution in [2.75, 3.05) is 13.4 Å². The van der Waals surface area contributed by atoms with E-state index in [2.05, 4.69) is 15.0 Å². The number of ether oxygens (including phenoxy) is 2. The highest BCUT2D eigenvalue weighted by Crippen LogP contribution is 2.57. The van der Waals surface area contributed by atoms with Crippen LogP contribution in [0, 0.1) is 11.6 Å². The van der Waals surface area contributed by atoms with E-state index in [0.29, 0.717) is 17.7 Å². The van der Waals surface area contributed by atoms with Crippen LogP contribution in [0.2, 0.25) is 0 Å². The van der Waals surface area contributed by atoms with Crippen molar-refractivity contribution in [3.8, 4) is 22.9 Å². The summed E-state index contributed by atoms with van der Waals surface area (Å²) in [7, 11) is -2.67. The number of carbonyl (C=O) groups is 1. The van der Waals surface area contributed by atoms with Gasteiger partial charge in [0.1, 0.15) is 22.3 Å². The number of esters is 1. The van der Waals surface area contributed by atoms with E-state index in [1.54, 1.807) is 24.3 Å². The van der Waals surface area contributed by atoms with E-state index in [4.69, 9.17) is 9.47 Å². The van der Waals surface area contributed by atoms with Gasteiger partial charge >= 0.3 is 5.97 Å². The molecule has 3 aromatic carbocycles. The monoisotopic (exact) mass is 641 g/mol. The van der Waals surface area contributed by atoms with Gasteiger partial charge in [-0.2, -0.15) is 0 Å². The summed E-state index contributed by atoms with van der Waals surface area (Å²) >= 11 is 0. The number of H-pyrrole nitrogens is 2. The lowest BCUT2D eigenvalue weighted by Gasteiger charge is -2.47. The van der Waals surface area contributed by atoms with Crippen LogP contribution in [0.3, 0.4) is 0 Å². The maximum atomic E-state index is 15.1. The number of nitrogens with one attached hydrogen (secondary N) is 2. The fourth-order valence-corrected chi connectivity index (χ4v) is 6.96. The third-order valence-electron chi connectivity index (χ3n) is 8.04. The Labute approximate surface area is 255 Å². The van der Waals surface area contributed by atoms with Gasteiger partial charge in [-0.3, -0.25) is 4.79 Å². The van der Waals surface area contributed by atoms with Crippen molar-refractivity contribution < 1.29 is 40.2 Å². The zero-order chi connectivity index (χ0) is 32.1. The second kappa shape index (κ2) is 11.1. The first-order valence-corrected chi connectivity index (χ1v) is 15.8. The highest BCUT2D eigenvalue weighted by Gasteiger charge is 2.59.